The molecule has 66 valence electrons. The van der Waals surface area contributed by atoms with Crippen molar-refractivity contribution in [2.45, 2.75) is 13.8 Å². The summed E-state index contributed by atoms with van der Waals surface area (Å²) >= 11 is 3.02. The SMILES string of the molecule is CCOC(=O)c1oc(Br)nc1C. The van der Waals surface area contributed by atoms with Crippen LogP contribution in [0, 0.1) is 6.92 Å². The van der Waals surface area contributed by atoms with Gasteiger partial charge in [0.2, 0.25) is 5.76 Å². The van der Waals surface area contributed by atoms with Crippen molar-refractivity contribution in [3.05, 3.63) is 16.3 Å². The van der Waals surface area contributed by atoms with Gasteiger partial charge in [0, 0.05) is 15.9 Å². The van der Waals surface area contributed by atoms with Crippen molar-refractivity contribution in [2.75, 3.05) is 6.61 Å². The molecular formula is C7H8BrNO3. The van der Waals surface area contributed by atoms with Crippen LogP contribution in [-0.2, 0) is 4.74 Å². The minimum atomic E-state index is -0.479. The molecular weight excluding hydrogens is 226 g/mol. The molecule has 12 heavy (non-hydrogen) atoms. The summed E-state index contributed by atoms with van der Waals surface area (Å²) in [6.45, 7) is 3.75. The van der Waals surface area contributed by atoms with Crippen molar-refractivity contribution >= 4 is 21.9 Å². The molecule has 0 N–H and O–H groups in total. The summed E-state index contributed by atoms with van der Waals surface area (Å²) in [6.07, 6.45) is 0. The quantitative estimate of drug-likeness (QED) is 0.733. The fraction of sp³-hybridized carbons (Fsp3) is 0.429. The number of rotatable bonds is 2. The Hall–Kier alpha value is -0.840. The average Bonchev–Trinajstić information content (AvgIpc) is 2.30. The van der Waals surface area contributed by atoms with Gasteiger partial charge in [-0.05, 0) is 13.8 Å². The molecule has 0 amide bonds. The maximum atomic E-state index is 11.1. The molecule has 0 aromatic carbocycles. The second-order valence-electron chi connectivity index (χ2n) is 2.10. The van der Waals surface area contributed by atoms with Gasteiger partial charge in [0.15, 0.2) is 0 Å². The highest BCUT2D eigenvalue weighted by molar-refractivity contribution is 9.10. The fourth-order valence-electron chi connectivity index (χ4n) is 0.750. The van der Waals surface area contributed by atoms with Crippen LogP contribution < -0.4 is 0 Å². The molecule has 1 heterocycles. The van der Waals surface area contributed by atoms with Gasteiger partial charge in [-0.15, -0.1) is 0 Å². The highest BCUT2D eigenvalue weighted by Crippen LogP contribution is 2.15. The van der Waals surface area contributed by atoms with Crippen LogP contribution in [0.1, 0.15) is 23.2 Å². The minimum Gasteiger partial charge on any atom is -0.460 e. The first-order valence-electron chi connectivity index (χ1n) is 3.45. The van der Waals surface area contributed by atoms with Crippen LogP contribution in [0.5, 0.6) is 0 Å². The average molecular weight is 234 g/mol. The topological polar surface area (TPSA) is 52.3 Å². The zero-order chi connectivity index (χ0) is 9.14. The maximum Gasteiger partial charge on any atom is 0.376 e. The molecule has 5 heteroatoms. The van der Waals surface area contributed by atoms with Crippen molar-refractivity contribution in [3.63, 3.8) is 0 Å². The largest absolute Gasteiger partial charge is 0.460 e. The van der Waals surface area contributed by atoms with Crippen LogP contribution in [0.2, 0.25) is 0 Å². The number of nitrogens with zero attached hydrogens (tertiary/aromatic N) is 1. The molecule has 0 unspecified atom stereocenters. The Morgan fingerprint density at radius 2 is 2.42 bits per heavy atom. The molecule has 1 aromatic heterocycles. The lowest BCUT2D eigenvalue weighted by Crippen LogP contribution is -2.04. The molecule has 0 radical (unpaired) electrons. The first-order valence-corrected chi connectivity index (χ1v) is 4.24. The van der Waals surface area contributed by atoms with Crippen LogP contribution in [0.4, 0.5) is 0 Å². The van der Waals surface area contributed by atoms with E-state index in [9.17, 15) is 4.79 Å². The number of aromatic nitrogens is 1. The Labute approximate surface area is 78.0 Å². The Morgan fingerprint density at radius 3 is 2.83 bits per heavy atom. The molecule has 0 spiro atoms. The van der Waals surface area contributed by atoms with Gasteiger partial charge in [-0.3, -0.25) is 0 Å². The van der Waals surface area contributed by atoms with E-state index in [1.54, 1.807) is 13.8 Å². The molecule has 0 aliphatic heterocycles. The Balaban J connectivity index is 2.87. The van der Waals surface area contributed by atoms with E-state index in [0.29, 0.717) is 17.1 Å². The summed E-state index contributed by atoms with van der Waals surface area (Å²) in [4.78, 5) is 15.3. The van der Waals surface area contributed by atoms with Gasteiger partial charge in [-0.25, -0.2) is 9.78 Å². The van der Waals surface area contributed by atoms with E-state index in [0.717, 1.165) is 0 Å². The number of hydrogen-bond donors (Lipinski definition) is 0. The van der Waals surface area contributed by atoms with E-state index >= 15 is 0 Å². The van der Waals surface area contributed by atoms with Crippen LogP contribution in [0.15, 0.2) is 9.22 Å². The first kappa shape index (κ1) is 9.25. The van der Waals surface area contributed by atoms with Gasteiger partial charge < -0.3 is 9.15 Å². The zero-order valence-corrected chi connectivity index (χ0v) is 8.34. The Morgan fingerprint density at radius 1 is 1.75 bits per heavy atom. The number of carbonyl (C=O) groups is 1. The summed E-state index contributed by atoms with van der Waals surface area (Å²) in [6, 6.07) is 0. The number of esters is 1. The molecule has 0 aliphatic rings. The van der Waals surface area contributed by atoms with E-state index in [1.807, 2.05) is 0 Å². The predicted molar refractivity (Wildman–Crippen MR) is 44.9 cm³/mol. The molecule has 4 nitrogen and oxygen atoms in total. The van der Waals surface area contributed by atoms with Gasteiger partial charge in [0.05, 0.1) is 12.3 Å². The molecule has 0 fully saturated rings. The Bertz CT molecular complexity index is 295. The van der Waals surface area contributed by atoms with Gasteiger partial charge >= 0.3 is 5.97 Å². The van der Waals surface area contributed by atoms with E-state index in [4.69, 9.17) is 9.15 Å². The molecule has 0 saturated heterocycles. The lowest BCUT2D eigenvalue weighted by atomic mass is 10.4. The minimum absolute atomic E-state index is 0.156. The van der Waals surface area contributed by atoms with Gasteiger partial charge in [0.1, 0.15) is 0 Å². The normalized spacial score (nSPS) is 9.92. The van der Waals surface area contributed by atoms with Crippen LogP contribution >= 0.6 is 15.9 Å². The maximum absolute atomic E-state index is 11.1. The molecule has 1 rings (SSSR count). The van der Waals surface area contributed by atoms with E-state index in [2.05, 4.69) is 20.9 Å². The highest BCUT2D eigenvalue weighted by Gasteiger charge is 2.16. The molecule has 0 atom stereocenters. The van der Waals surface area contributed by atoms with Crippen molar-refractivity contribution < 1.29 is 13.9 Å². The third-order valence-electron chi connectivity index (χ3n) is 1.23. The van der Waals surface area contributed by atoms with Crippen molar-refractivity contribution in [2.24, 2.45) is 0 Å². The zero-order valence-electron chi connectivity index (χ0n) is 6.76. The lowest BCUT2D eigenvalue weighted by Gasteiger charge is -1.96. The number of aryl methyl sites for hydroxylation is 1. The third kappa shape index (κ3) is 1.85. The fourth-order valence-corrected chi connectivity index (χ4v) is 1.18. The van der Waals surface area contributed by atoms with Crippen LogP contribution in [0.3, 0.4) is 0 Å². The van der Waals surface area contributed by atoms with Crippen LogP contribution in [-0.4, -0.2) is 17.6 Å². The third-order valence-corrected chi connectivity index (χ3v) is 1.57. The molecule has 1 aromatic rings. The van der Waals surface area contributed by atoms with Crippen LogP contribution in [0.25, 0.3) is 0 Å². The van der Waals surface area contributed by atoms with Gasteiger partial charge in [0.25, 0.3) is 4.80 Å². The predicted octanol–water partition coefficient (Wildman–Crippen LogP) is 1.92. The second-order valence-corrected chi connectivity index (χ2v) is 2.78. The monoisotopic (exact) mass is 233 g/mol. The van der Waals surface area contributed by atoms with E-state index in [1.165, 1.54) is 0 Å². The number of halogens is 1. The standard InChI is InChI=1S/C7H8BrNO3/c1-3-11-6(10)5-4(2)9-7(8)12-5/h3H2,1-2H3. The second kappa shape index (κ2) is 3.71. The van der Waals surface area contributed by atoms with Gasteiger partial charge in [-0.2, -0.15) is 0 Å². The number of oxazole rings is 1. The number of ether oxygens (including phenoxy) is 1. The number of hydrogen-bond acceptors (Lipinski definition) is 4. The molecule has 0 aliphatic carbocycles. The molecule has 0 bridgehead atoms. The smallest absolute Gasteiger partial charge is 0.376 e. The first-order chi connectivity index (χ1) is 5.65. The van der Waals surface area contributed by atoms with Gasteiger partial charge in [-0.1, -0.05) is 0 Å². The Kier molecular flexibility index (Phi) is 2.86. The van der Waals surface area contributed by atoms with E-state index in [-0.39, 0.29) is 5.76 Å². The van der Waals surface area contributed by atoms with Crippen molar-refractivity contribution in [1.29, 1.82) is 0 Å². The number of carbonyl (C=O) groups excluding carboxylic acids is 1. The summed E-state index contributed by atoms with van der Waals surface area (Å²) in [5.41, 5.74) is 0.528. The molecule has 0 saturated carbocycles. The van der Waals surface area contributed by atoms with Crippen molar-refractivity contribution in [3.8, 4) is 0 Å². The summed E-state index contributed by atoms with van der Waals surface area (Å²) in [5, 5.41) is 0. The highest BCUT2D eigenvalue weighted by atomic mass is 79.9. The lowest BCUT2D eigenvalue weighted by molar-refractivity contribution is 0.0487. The van der Waals surface area contributed by atoms with Crippen molar-refractivity contribution in [1.82, 2.24) is 4.98 Å². The summed E-state index contributed by atoms with van der Waals surface area (Å²) in [7, 11) is 0. The van der Waals surface area contributed by atoms with E-state index < -0.39 is 5.97 Å². The summed E-state index contributed by atoms with van der Waals surface area (Å²) < 4.78 is 9.69. The summed E-state index contributed by atoms with van der Waals surface area (Å²) in [5.74, 6) is -0.322.